The second-order valence-electron chi connectivity index (χ2n) is 7.71. The summed E-state index contributed by atoms with van der Waals surface area (Å²) in [4.78, 5) is 26.1. The lowest BCUT2D eigenvalue weighted by Gasteiger charge is -2.47. The van der Waals surface area contributed by atoms with Gasteiger partial charge in [-0.25, -0.2) is 0 Å². The fourth-order valence-electron chi connectivity index (χ4n) is 4.53. The highest BCUT2D eigenvalue weighted by atomic mass is 16.2. The van der Waals surface area contributed by atoms with E-state index in [1.807, 2.05) is 24.3 Å². The van der Waals surface area contributed by atoms with Crippen LogP contribution in [-0.2, 0) is 11.2 Å². The van der Waals surface area contributed by atoms with Crippen LogP contribution in [0.1, 0.15) is 61.9 Å². The van der Waals surface area contributed by atoms with Gasteiger partial charge in [0.25, 0.3) is 5.91 Å². The zero-order valence-corrected chi connectivity index (χ0v) is 15.5. The monoisotopic (exact) mass is 342 g/mol. The van der Waals surface area contributed by atoms with Gasteiger partial charge in [0.05, 0.1) is 0 Å². The molecule has 2 aliphatic rings. The minimum absolute atomic E-state index is 0.00633. The average Bonchev–Trinajstić information content (AvgIpc) is 2.62. The van der Waals surface area contributed by atoms with Crippen molar-refractivity contribution in [3.8, 4) is 0 Å². The molecule has 3 atom stereocenters. The number of hydrogen-bond acceptors (Lipinski definition) is 2. The van der Waals surface area contributed by atoms with Crippen molar-refractivity contribution >= 4 is 11.8 Å². The fraction of sp³-hybridized carbons (Fsp3) is 0.619. The molecule has 1 N–H and O–H groups in total. The van der Waals surface area contributed by atoms with Crippen molar-refractivity contribution in [1.29, 1.82) is 0 Å². The summed E-state index contributed by atoms with van der Waals surface area (Å²) in [5.74, 6) is 1.61. The van der Waals surface area contributed by atoms with Crippen LogP contribution in [0, 0.1) is 11.8 Å². The molecule has 1 aliphatic carbocycles. The lowest BCUT2D eigenvalue weighted by atomic mass is 9.72. The largest absolute Gasteiger partial charge is 0.356 e. The van der Waals surface area contributed by atoms with Crippen molar-refractivity contribution in [3.05, 3.63) is 35.4 Å². The van der Waals surface area contributed by atoms with Gasteiger partial charge in [0.1, 0.15) is 0 Å². The normalized spacial score (nSPS) is 26.0. The maximum absolute atomic E-state index is 13.0. The Morgan fingerprint density at radius 2 is 1.84 bits per heavy atom. The molecular weight excluding hydrogens is 312 g/mol. The van der Waals surface area contributed by atoms with Crippen molar-refractivity contribution in [2.75, 3.05) is 13.1 Å². The molecule has 1 saturated carbocycles. The van der Waals surface area contributed by atoms with E-state index in [0.717, 1.165) is 42.9 Å². The van der Waals surface area contributed by atoms with Crippen LogP contribution in [0.4, 0.5) is 0 Å². The first-order valence-electron chi connectivity index (χ1n) is 9.70. The van der Waals surface area contributed by atoms with Gasteiger partial charge in [0.15, 0.2) is 0 Å². The Bertz CT molecular complexity index is 611. The first-order chi connectivity index (χ1) is 12.1. The van der Waals surface area contributed by atoms with Crippen molar-refractivity contribution in [3.63, 3.8) is 0 Å². The molecule has 3 rings (SSSR count). The highest BCUT2D eigenvalue weighted by molar-refractivity contribution is 5.94. The Balaban J connectivity index is 1.64. The molecule has 25 heavy (non-hydrogen) atoms. The standard InChI is InChI=1S/C21H30N2O2/c1-15-12-14-23(20-6-4-3-5-19(15)20)21(25)18-9-7-17(8-10-18)11-13-22-16(2)24/h7-10,15,19-20H,3-6,11-14H2,1-2H3,(H,22,24)/t15-,19-,20-/m0/s1. The maximum atomic E-state index is 13.0. The summed E-state index contributed by atoms with van der Waals surface area (Å²) in [6, 6.07) is 8.35. The minimum Gasteiger partial charge on any atom is -0.356 e. The number of carbonyl (C=O) groups excluding carboxylic acids is 2. The van der Waals surface area contributed by atoms with Crippen molar-refractivity contribution in [1.82, 2.24) is 10.2 Å². The molecule has 1 aromatic rings. The molecule has 0 radical (unpaired) electrons. The van der Waals surface area contributed by atoms with Crippen molar-refractivity contribution in [2.45, 2.75) is 58.4 Å². The highest BCUT2D eigenvalue weighted by Crippen LogP contribution is 2.39. The Morgan fingerprint density at radius 1 is 1.12 bits per heavy atom. The van der Waals surface area contributed by atoms with E-state index in [1.165, 1.54) is 26.2 Å². The third kappa shape index (κ3) is 4.23. The zero-order chi connectivity index (χ0) is 17.8. The molecule has 136 valence electrons. The Hall–Kier alpha value is -1.84. The lowest BCUT2D eigenvalue weighted by Crippen LogP contribution is -2.52. The smallest absolute Gasteiger partial charge is 0.254 e. The molecule has 0 bridgehead atoms. The summed E-state index contributed by atoms with van der Waals surface area (Å²) in [6.07, 6.45) is 6.92. The molecule has 2 fully saturated rings. The second kappa shape index (κ2) is 8.03. The molecule has 1 aliphatic heterocycles. The topological polar surface area (TPSA) is 49.4 Å². The van der Waals surface area contributed by atoms with Gasteiger partial charge in [-0.1, -0.05) is 31.9 Å². The molecule has 2 amide bonds. The number of amides is 2. The van der Waals surface area contributed by atoms with Crippen LogP contribution in [0.25, 0.3) is 0 Å². The van der Waals surface area contributed by atoms with E-state index in [9.17, 15) is 9.59 Å². The molecule has 1 saturated heterocycles. The third-order valence-electron chi connectivity index (χ3n) is 5.99. The Kier molecular flexibility index (Phi) is 5.77. The van der Waals surface area contributed by atoms with Gasteiger partial charge in [-0.3, -0.25) is 9.59 Å². The quantitative estimate of drug-likeness (QED) is 0.911. The average molecular weight is 342 g/mol. The van der Waals surface area contributed by atoms with E-state index in [0.29, 0.717) is 18.5 Å². The number of nitrogens with zero attached hydrogens (tertiary/aromatic N) is 1. The van der Waals surface area contributed by atoms with E-state index in [2.05, 4.69) is 17.1 Å². The fourth-order valence-corrected chi connectivity index (χ4v) is 4.53. The molecule has 1 heterocycles. The first kappa shape index (κ1) is 18.0. The number of benzene rings is 1. The number of hydrogen-bond donors (Lipinski definition) is 1. The summed E-state index contributed by atoms with van der Waals surface area (Å²) in [6.45, 7) is 5.41. The van der Waals surface area contributed by atoms with Crippen LogP contribution in [0.2, 0.25) is 0 Å². The molecular formula is C21H30N2O2. The third-order valence-corrected chi connectivity index (χ3v) is 5.99. The van der Waals surface area contributed by atoms with E-state index in [4.69, 9.17) is 0 Å². The molecule has 1 aromatic carbocycles. The van der Waals surface area contributed by atoms with Gasteiger partial charge in [0, 0.05) is 31.6 Å². The SMILES string of the molecule is CC(=O)NCCc1ccc(C(=O)N2CC[C@H](C)[C@@H]3CCCC[C@@H]32)cc1. The summed E-state index contributed by atoms with van der Waals surface area (Å²) in [7, 11) is 0. The number of fused-ring (bicyclic) bond motifs is 1. The summed E-state index contributed by atoms with van der Waals surface area (Å²) >= 11 is 0. The number of carbonyl (C=O) groups is 2. The van der Waals surface area contributed by atoms with Gasteiger partial charge in [-0.15, -0.1) is 0 Å². The van der Waals surface area contributed by atoms with E-state index in [1.54, 1.807) is 0 Å². The Morgan fingerprint density at radius 3 is 2.56 bits per heavy atom. The number of nitrogens with one attached hydrogen (secondary N) is 1. The number of piperidine rings is 1. The Labute approximate surface area is 151 Å². The molecule has 4 nitrogen and oxygen atoms in total. The molecule has 0 aromatic heterocycles. The predicted octanol–water partition coefficient (Wildman–Crippen LogP) is 3.41. The van der Waals surface area contributed by atoms with Gasteiger partial charge in [-0.2, -0.15) is 0 Å². The predicted molar refractivity (Wildman–Crippen MR) is 99.4 cm³/mol. The van der Waals surface area contributed by atoms with Gasteiger partial charge >= 0.3 is 0 Å². The zero-order valence-electron chi connectivity index (χ0n) is 15.5. The lowest BCUT2D eigenvalue weighted by molar-refractivity contribution is -0.118. The summed E-state index contributed by atoms with van der Waals surface area (Å²) in [5.41, 5.74) is 1.94. The van der Waals surface area contributed by atoms with E-state index in [-0.39, 0.29) is 11.8 Å². The minimum atomic E-state index is -0.00633. The molecule has 0 unspecified atom stereocenters. The van der Waals surface area contributed by atoms with E-state index >= 15 is 0 Å². The van der Waals surface area contributed by atoms with Gasteiger partial charge in [-0.05, 0) is 55.2 Å². The van der Waals surface area contributed by atoms with Crippen LogP contribution in [-0.4, -0.2) is 35.8 Å². The molecule has 4 heteroatoms. The van der Waals surface area contributed by atoms with Crippen LogP contribution < -0.4 is 5.32 Å². The first-order valence-corrected chi connectivity index (χ1v) is 9.70. The van der Waals surface area contributed by atoms with E-state index < -0.39 is 0 Å². The summed E-state index contributed by atoms with van der Waals surface area (Å²) < 4.78 is 0. The highest BCUT2D eigenvalue weighted by Gasteiger charge is 2.39. The van der Waals surface area contributed by atoms with Crippen LogP contribution in [0.3, 0.4) is 0 Å². The van der Waals surface area contributed by atoms with Gasteiger partial charge < -0.3 is 10.2 Å². The van der Waals surface area contributed by atoms with Crippen LogP contribution in [0.15, 0.2) is 24.3 Å². The van der Waals surface area contributed by atoms with Crippen molar-refractivity contribution in [2.24, 2.45) is 11.8 Å². The maximum Gasteiger partial charge on any atom is 0.254 e. The van der Waals surface area contributed by atoms with Gasteiger partial charge in [0.2, 0.25) is 5.91 Å². The van der Waals surface area contributed by atoms with Crippen LogP contribution >= 0.6 is 0 Å². The summed E-state index contributed by atoms with van der Waals surface area (Å²) in [5, 5.41) is 2.80. The second-order valence-corrected chi connectivity index (χ2v) is 7.71. The van der Waals surface area contributed by atoms with Crippen molar-refractivity contribution < 1.29 is 9.59 Å². The number of rotatable bonds is 4. The van der Waals surface area contributed by atoms with Crippen LogP contribution in [0.5, 0.6) is 0 Å². The molecule has 0 spiro atoms. The number of likely N-dealkylation sites (tertiary alicyclic amines) is 1.